The molecule has 0 amide bonds. The number of rotatable bonds is 4. The molecule has 0 saturated heterocycles. The van der Waals surface area contributed by atoms with E-state index in [-0.39, 0.29) is 11.4 Å². The summed E-state index contributed by atoms with van der Waals surface area (Å²) in [5, 5.41) is -0.382. The first-order valence-electron chi connectivity index (χ1n) is 5.41. The van der Waals surface area contributed by atoms with Gasteiger partial charge in [-0.3, -0.25) is 4.72 Å². The van der Waals surface area contributed by atoms with Gasteiger partial charge in [0.25, 0.3) is 10.0 Å². The molecule has 20 heavy (non-hydrogen) atoms. The van der Waals surface area contributed by atoms with Gasteiger partial charge < -0.3 is 4.74 Å². The lowest BCUT2D eigenvalue weighted by molar-refractivity contribution is 0.417. The van der Waals surface area contributed by atoms with Crippen LogP contribution in [0.1, 0.15) is 0 Å². The summed E-state index contributed by atoms with van der Waals surface area (Å²) in [6.07, 6.45) is 1.19. The van der Waals surface area contributed by atoms with E-state index in [1.165, 1.54) is 31.5 Å². The average Bonchev–Trinajstić information content (AvgIpc) is 2.39. The van der Waals surface area contributed by atoms with Crippen LogP contribution in [0.2, 0.25) is 5.02 Å². The van der Waals surface area contributed by atoms with E-state index in [0.29, 0.717) is 5.02 Å². The summed E-state index contributed by atoms with van der Waals surface area (Å²) in [5.74, 6) is -0.685. The summed E-state index contributed by atoms with van der Waals surface area (Å²) < 4.78 is 44.9. The summed E-state index contributed by atoms with van der Waals surface area (Å²) >= 11 is 5.80. The largest absolute Gasteiger partial charge is 0.495 e. The van der Waals surface area contributed by atoms with Gasteiger partial charge in [0.15, 0.2) is 5.82 Å². The smallest absolute Gasteiger partial charge is 0.282 e. The van der Waals surface area contributed by atoms with Gasteiger partial charge in [-0.2, -0.15) is 8.42 Å². The Labute approximate surface area is 120 Å². The highest BCUT2D eigenvalue weighted by atomic mass is 35.5. The minimum Gasteiger partial charge on any atom is -0.495 e. The number of sulfonamides is 1. The fourth-order valence-electron chi connectivity index (χ4n) is 1.52. The van der Waals surface area contributed by atoms with Gasteiger partial charge in [0.1, 0.15) is 5.75 Å². The number of nitrogens with one attached hydrogen (secondary N) is 1. The Balaban J connectivity index is 2.44. The molecule has 0 aliphatic heterocycles. The molecule has 2 aromatic rings. The van der Waals surface area contributed by atoms with Crippen molar-refractivity contribution in [1.29, 1.82) is 0 Å². The van der Waals surface area contributed by atoms with Crippen molar-refractivity contribution < 1.29 is 17.5 Å². The van der Waals surface area contributed by atoms with Crippen molar-refractivity contribution in [2.45, 2.75) is 5.03 Å². The van der Waals surface area contributed by atoms with Crippen molar-refractivity contribution in [3.05, 3.63) is 47.4 Å². The zero-order chi connectivity index (χ0) is 14.8. The molecule has 0 aliphatic rings. The summed E-state index contributed by atoms with van der Waals surface area (Å²) in [6, 6.07) is 6.71. The first-order valence-corrected chi connectivity index (χ1v) is 7.27. The maximum atomic E-state index is 13.5. The molecule has 0 spiro atoms. The van der Waals surface area contributed by atoms with E-state index < -0.39 is 20.9 Å². The van der Waals surface area contributed by atoms with E-state index in [2.05, 4.69) is 9.71 Å². The van der Waals surface area contributed by atoms with Crippen LogP contribution in [-0.4, -0.2) is 20.5 Å². The van der Waals surface area contributed by atoms with Crippen molar-refractivity contribution in [2.24, 2.45) is 0 Å². The molecular weight excluding hydrogens is 307 g/mol. The lowest BCUT2D eigenvalue weighted by Gasteiger charge is -2.11. The van der Waals surface area contributed by atoms with Gasteiger partial charge >= 0.3 is 0 Å². The number of halogens is 2. The first-order chi connectivity index (χ1) is 9.44. The van der Waals surface area contributed by atoms with E-state index in [0.717, 1.165) is 6.07 Å². The normalized spacial score (nSPS) is 11.2. The average molecular weight is 317 g/mol. The second-order valence-electron chi connectivity index (χ2n) is 3.74. The second kappa shape index (κ2) is 5.64. The van der Waals surface area contributed by atoms with Crippen LogP contribution in [0.4, 0.5) is 10.1 Å². The molecule has 5 nitrogen and oxygen atoms in total. The maximum Gasteiger partial charge on any atom is 0.282 e. The molecule has 0 bridgehead atoms. The molecule has 0 atom stereocenters. The fourth-order valence-corrected chi connectivity index (χ4v) is 2.76. The van der Waals surface area contributed by atoms with Crippen molar-refractivity contribution >= 4 is 27.3 Å². The SMILES string of the molecule is COc1ccc(Cl)cc1NS(=O)(=O)c1ncccc1F. The highest BCUT2D eigenvalue weighted by molar-refractivity contribution is 7.92. The topological polar surface area (TPSA) is 68.3 Å². The van der Waals surface area contributed by atoms with Gasteiger partial charge in [-0.15, -0.1) is 0 Å². The Morgan fingerprint density at radius 2 is 2.10 bits per heavy atom. The fraction of sp³-hybridized carbons (Fsp3) is 0.0833. The molecule has 1 N–H and O–H groups in total. The number of benzene rings is 1. The number of hydrogen-bond acceptors (Lipinski definition) is 4. The maximum absolute atomic E-state index is 13.5. The summed E-state index contributed by atoms with van der Waals surface area (Å²) in [4.78, 5) is 3.52. The van der Waals surface area contributed by atoms with Gasteiger partial charge in [0.2, 0.25) is 5.03 Å². The predicted octanol–water partition coefficient (Wildman–Crippen LogP) is 2.68. The number of aromatic nitrogens is 1. The number of hydrogen-bond donors (Lipinski definition) is 1. The van der Waals surface area contributed by atoms with E-state index >= 15 is 0 Å². The van der Waals surface area contributed by atoms with Crippen molar-refractivity contribution in [3.63, 3.8) is 0 Å². The van der Waals surface area contributed by atoms with Crippen LogP contribution < -0.4 is 9.46 Å². The zero-order valence-electron chi connectivity index (χ0n) is 10.3. The van der Waals surface area contributed by atoms with Gasteiger partial charge in [0.05, 0.1) is 12.8 Å². The van der Waals surface area contributed by atoms with Crippen molar-refractivity contribution in [1.82, 2.24) is 4.98 Å². The highest BCUT2D eigenvalue weighted by Gasteiger charge is 2.22. The molecule has 0 fully saturated rings. The first kappa shape index (κ1) is 14.5. The van der Waals surface area contributed by atoms with Gasteiger partial charge in [0, 0.05) is 11.2 Å². The lowest BCUT2D eigenvalue weighted by Crippen LogP contribution is -2.16. The zero-order valence-corrected chi connectivity index (χ0v) is 11.9. The molecule has 0 aliphatic carbocycles. The number of methoxy groups -OCH3 is 1. The van der Waals surface area contributed by atoms with Crippen molar-refractivity contribution in [3.8, 4) is 5.75 Å². The molecule has 0 saturated carbocycles. The summed E-state index contributed by atoms with van der Waals surface area (Å²) in [5.41, 5.74) is 0.102. The van der Waals surface area contributed by atoms with Crippen molar-refractivity contribution in [2.75, 3.05) is 11.8 Å². The Kier molecular flexibility index (Phi) is 4.10. The number of anilines is 1. The summed E-state index contributed by atoms with van der Waals surface area (Å²) in [7, 11) is -2.79. The van der Waals surface area contributed by atoms with Gasteiger partial charge in [-0.25, -0.2) is 9.37 Å². The molecule has 0 unspecified atom stereocenters. The third-order valence-corrected chi connectivity index (χ3v) is 3.92. The summed E-state index contributed by atoms with van der Waals surface area (Å²) in [6.45, 7) is 0. The predicted molar refractivity (Wildman–Crippen MR) is 73.0 cm³/mol. The van der Waals surface area contributed by atoms with Crippen LogP contribution in [0, 0.1) is 5.82 Å². The molecule has 106 valence electrons. The molecule has 1 aromatic carbocycles. The van der Waals surface area contributed by atoms with Crippen LogP contribution in [0.25, 0.3) is 0 Å². The Morgan fingerprint density at radius 3 is 2.75 bits per heavy atom. The minimum absolute atomic E-state index is 0.102. The van der Waals surface area contributed by atoms with Crippen LogP contribution in [0.15, 0.2) is 41.6 Å². The minimum atomic E-state index is -4.17. The van der Waals surface area contributed by atoms with E-state index in [1.807, 2.05) is 0 Å². The number of ether oxygens (including phenoxy) is 1. The third kappa shape index (κ3) is 3.00. The Bertz CT molecular complexity index is 737. The molecule has 1 aromatic heterocycles. The number of pyridine rings is 1. The second-order valence-corrected chi connectivity index (χ2v) is 5.77. The molecule has 2 rings (SSSR count). The van der Waals surface area contributed by atoms with Crippen LogP contribution in [0.3, 0.4) is 0 Å². The van der Waals surface area contributed by atoms with E-state index in [1.54, 1.807) is 6.07 Å². The Hall–Kier alpha value is -1.86. The van der Waals surface area contributed by atoms with Gasteiger partial charge in [-0.1, -0.05) is 11.6 Å². The molecular formula is C12H10ClFN2O3S. The van der Waals surface area contributed by atoms with E-state index in [9.17, 15) is 12.8 Å². The van der Waals surface area contributed by atoms with Crippen LogP contribution >= 0.6 is 11.6 Å². The highest BCUT2D eigenvalue weighted by Crippen LogP contribution is 2.29. The third-order valence-electron chi connectivity index (χ3n) is 2.39. The molecule has 1 heterocycles. The Morgan fingerprint density at radius 1 is 1.35 bits per heavy atom. The van der Waals surface area contributed by atoms with Gasteiger partial charge in [-0.05, 0) is 30.3 Å². The molecule has 0 radical (unpaired) electrons. The standard InChI is InChI=1S/C12H10ClFN2O3S/c1-19-11-5-4-8(13)7-10(11)16-20(17,18)12-9(14)3-2-6-15-12/h2-7,16H,1H3. The molecule has 8 heteroatoms. The van der Waals surface area contributed by atoms with Crippen LogP contribution in [-0.2, 0) is 10.0 Å². The van der Waals surface area contributed by atoms with E-state index in [4.69, 9.17) is 16.3 Å². The number of nitrogens with zero attached hydrogens (tertiary/aromatic N) is 1. The van der Waals surface area contributed by atoms with Crippen LogP contribution in [0.5, 0.6) is 5.75 Å². The monoisotopic (exact) mass is 316 g/mol. The lowest BCUT2D eigenvalue weighted by atomic mass is 10.3. The quantitative estimate of drug-likeness (QED) is 0.941.